The molecule has 0 fully saturated rings. The molecule has 2 N–H and O–H groups in total. The number of rotatable bonds is 7. The van der Waals surface area contributed by atoms with Gasteiger partial charge in [-0.25, -0.2) is 9.69 Å². The van der Waals surface area contributed by atoms with Crippen LogP contribution in [0.1, 0.15) is 36.6 Å². The fourth-order valence-corrected chi connectivity index (χ4v) is 3.08. The fourth-order valence-electron chi connectivity index (χ4n) is 3.08. The van der Waals surface area contributed by atoms with Crippen LogP contribution in [0.25, 0.3) is 0 Å². The summed E-state index contributed by atoms with van der Waals surface area (Å²) >= 11 is 0. The molecule has 0 spiro atoms. The van der Waals surface area contributed by atoms with Crippen LogP contribution in [-0.2, 0) is 19.9 Å². The zero-order valence-electron chi connectivity index (χ0n) is 15.8. The van der Waals surface area contributed by atoms with Gasteiger partial charge in [-0.1, -0.05) is 25.5 Å². The number of anilines is 2. The molecule has 2 heterocycles. The molecule has 0 atom stereocenters. The Labute approximate surface area is 159 Å². The molecule has 0 aliphatic rings. The van der Waals surface area contributed by atoms with Gasteiger partial charge in [-0.15, -0.1) is 0 Å². The first-order valence-electron chi connectivity index (χ1n) is 9.18. The number of hydrogen-bond acceptors (Lipinski definition) is 3. The van der Waals surface area contributed by atoms with Gasteiger partial charge in [-0.05, 0) is 54.7 Å². The SMILES string of the molecule is CCCCc1cc(N(C(N)=O)c2ccc(Cc3ccncc3)cc2)n(C)n1. The van der Waals surface area contributed by atoms with E-state index < -0.39 is 6.03 Å². The molecule has 0 saturated carbocycles. The first kappa shape index (κ1) is 18.6. The van der Waals surface area contributed by atoms with Gasteiger partial charge in [0.05, 0.1) is 11.4 Å². The van der Waals surface area contributed by atoms with Gasteiger partial charge in [0.2, 0.25) is 0 Å². The minimum Gasteiger partial charge on any atom is -0.351 e. The number of pyridine rings is 1. The van der Waals surface area contributed by atoms with Crippen molar-refractivity contribution in [1.29, 1.82) is 0 Å². The lowest BCUT2D eigenvalue weighted by Gasteiger charge is -2.20. The van der Waals surface area contributed by atoms with Crippen molar-refractivity contribution in [1.82, 2.24) is 14.8 Å². The second-order valence-corrected chi connectivity index (χ2v) is 6.59. The number of aromatic nitrogens is 3. The van der Waals surface area contributed by atoms with Crippen molar-refractivity contribution in [3.63, 3.8) is 0 Å². The number of aryl methyl sites for hydroxylation is 2. The Morgan fingerprint density at radius 3 is 2.41 bits per heavy atom. The predicted octanol–water partition coefficient (Wildman–Crippen LogP) is 3.97. The Morgan fingerprint density at radius 1 is 1.11 bits per heavy atom. The average Bonchev–Trinajstić information content (AvgIpc) is 3.02. The summed E-state index contributed by atoms with van der Waals surface area (Å²) < 4.78 is 1.71. The highest BCUT2D eigenvalue weighted by Gasteiger charge is 2.19. The predicted molar refractivity (Wildman–Crippen MR) is 107 cm³/mol. The number of carbonyl (C=O) groups is 1. The van der Waals surface area contributed by atoms with Crippen molar-refractivity contribution in [2.24, 2.45) is 12.8 Å². The van der Waals surface area contributed by atoms with Crippen LogP contribution in [0.5, 0.6) is 0 Å². The van der Waals surface area contributed by atoms with Gasteiger partial charge in [-0.3, -0.25) is 9.67 Å². The van der Waals surface area contributed by atoms with E-state index in [1.54, 1.807) is 17.1 Å². The van der Waals surface area contributed by atoms with Crippen molar-refractivity contribution >= 4 is 17.5 Å². The maximum atomic E-state index is 12.2. The molecule has 2 aromatic heterocycles. The maximum Gasteiger partial charge on any atom is 0.325 e. The van der Waals surface area contributed by atoms with E-state index in [1.165, 1.54) is 10.5 Å². The number of nitrogens with two attached hydrogens (primary N) is 1. The van der Waals surface area contributed by atoms with Crippen molar-refractivity contribution in [3.05, 3.63) is 71.7 Å². The quantitative estimate of drug-likeness (QED) is 0.690. The van der Waals surface area contributed by atoms with Crippen LogP contribution in [0, 0.1) is 0 Å². The third kappa shape index (κ3) is 4.53. The van der Waals surface area contributed by atoms with Crippen LogP contribution in [0.3, 0.4) is 0 Å². The molecule has 3 rings (SSSR count). The number of urea groups is 1. The Balaban J connectivity index is 1.83. The summed E-state index contributed by atoms with van der Waals surface area (Å²) in [5.74, 6) is 0.676. The van der Waals surface area contributed by atoms with E-state index in [1.807, 2.05) is 49.5 Å². The summed E-state index contributed by atoms with van der Waals surface area (Å²) in [5.41, 5.74) is 9.72. The van der Waals surface area contributed by atoms with E-state index in [0.29, 0.717) is 5.82 Å². The van der Waals surface area contributed by atoms with Gasteiger partial charge < -0.3 is 5.73 Å². The molecule has 6 nitrogen and oxygen atoms in total. The van der Waals surface area contributed by atoms with Crippen molar-refractivity contribution in [3.8, 4) is 0 Å². The Kier molecular flexibility index (Phi) is 5.86. The van der Waals surface area contributed by atoms with Gasteiger partial charge in [-0.2, -0.15) is 5.10 Å². The molecular weight excluding hydrogens is 338 g/mol. The molecule has 0 bridgehead atoms. The minimum atomic E-state index is -0.526. The summed E-state index contributed by atoms with van der Waals surface area (Å²) in [5, 5.41) is 4.51. The number of nitrogens with zero attached hydrogens (tertiary/aromatic N) is 4. The van der Waals surface area contributed by atoms with Gasteiger partial charge in [0, 0.05) is 25.5 Å². The molecular formula is C21H25N5O. The van der Waals surface area contributed by atoms with E-state index in [0.717, 1.165) is 42.6 Å². The fraction of sp³-hybridized carbons (Fsp3) is 0.286. The lowest BCUT2D eigenvalue weighted by molar-refractivity contribution is 0.255. The summed E-state index contributed by atoms with van der Waals surface area (Å²) in [6.45, 7) is 2.15. The number of amides is 2. The van der Waals surface area contributed by atoms with Crippen LogP contribution >= 0.6 is 0 Å². The summed E-state index contributed by atoms with van der Waals surface area (Å²) in [4.78, 5) is 17.7. The van der Waals surface area contributed by atoms with Crippen molar-refractivity contribution < 1.29 is 4.79 Å². The Morgan fingerprint density at radius 2 is 1.78 bits per heavy atom. The molecule has 27 heavy (non-hydrogen) atoms. The molecule has 0 saturated heterocycles. The van der Waals surface area contributed by atoms with Crippen molar-refractivity contribution in [2.45, 2.75) is 32.6 Å². The van der Waals surface area contributed by atoms with Crippen LogP contribution in [-0.4, -0.2) is 20.8 Å². The number of carbonyl (C=O) groups excluding carboxylic acids is 1. The summed E-state index contributed by atoms with van der Waals surface area (Å²) in [6.07, 6.45) is 7.45. The second kappa shape index (κ2) is 8.49. The molecule has 140 valence electrons. The molecule has 6 heteroatoms. The summed E-state index contributed by atoms with van der Waals surface area (Å²) in [7, 11) is 1.83. The normalized spacial score (nSPS) is 10.7. The highest BCUT2D eigenvalue weighted by atomic mass is 16.2. The molecule has 0 aliphatic carbocycles. The topological polar surface area (TPSA) is 77.0 Å². The highest BCUT2D eigenvalue weighted by molar-refractivity contribution is 5.97. The van der Waals surface area contributed by atoms with Gasteiger partial charge in [0.15, 0.2) is 0 Å². The molecule has 3 aromatic rings. The van der Waals surface area contributed by atoms with Crippen LogP contribution in [0.15, 0.2) is 54.9 Å². The lowest BCUT2D eigenvalue weighted by atomic mass is 10.1. The van der Waals surface area contributed by atoms with E-state index in [2.05, 4.69) is 17.0 Å². The number of benzene rings is 1. The van der Waals surface area contributed by atoms with Crippen LogP contribution in [0.2, 0.25) is 0 Å². The number of primary amides is 1. The molecule has 0 radical (unpaired) electrons. The first-order chi connectivity index (χ1) is 13.1. The van der Waals surface area contributed by atoms with E-state index in [-0.39, 0.29) is 0 Å². The monoisotopic (exact) mass is 363 g/mol. The molecule has 0 aliphatic heterocycles. The average molecular weight is 363 g/mol. The Hall–Kier alpha value is -3.15. The highest BCUT2D eigenvalue weighted by Crippen LogP contribution is 2.27. The van der Waals surface area contributed by atoms with E-state index in [9.17, 15) is 4.79 Å². The van der Waals surface area contributed by atoms with Gasteiger partial charge in [0.1, 0.15) is 5.82 Å². The van der Waals surface area contributed by atoms with Crippen LogP contribution in [0.4, 0.5) is 16.3 Å². The largest absolute Gasteiger partial charge is 0.351 e. The zero-order chi connectivity index (χ0) is 19.2. The van der Waals surface area contributed by atoms with Gasteiger partial charge in [0.25, 0.3) is 0 Å². The molecule has 2 amide bonds. The zero-order valence-corrected chi connectivity index (χ0v) is 15.8. The van der Waals surface area contributed by atoms with Gasteiger partial charge >= 0.3 is 6.03 Å². The van der Waals surface area contributed by atoms with E-state index >= 15 is 0 Å². The van der Waals surface area contributed by atoms with E-state index in [4.69, 9.17) is 5.73 Å². The maximum absolute atomic E-state index is 12.2. The standard InChI is InChI=1S/C21H25N5O/c1-3-4-5-18-15-20(25(2)24-18)26(21(22)27)19-8-6-16(7-9-19)14-17-10-12-23-13-11-17/h6-13,15H,3-5,14H2,1-2H3,(H2,22,27). The minimum absolute atomic E-state index is 0.526. The third-order valence-electron chi connectivity index (χ3n) is 4.49. The molecule has 0 unspecified atom stereocenters. The number of hydrogen-bond donors (Lipinski definition) is 1. The lowest BCUT2D eigenvalue weighted by Crippen LogP contribution is -2.32. The second-order valence-electron chi connectivity index (χ2n) is 6.59. The molecule has 1 aromatic carbocycles. The Bertz CT molecular complexity index is 887. The van der Waals surface area contributed by atoms with Crippen LogP contribution < -0.4 is 10.6 Å². The number of unbranched alkanes of at least 4 members (excludes halogenated alkanes) is 1. The summed E-state index contributed by atoms with van der Waals surface area (Å²) in [6, 6.07) is 13.3. The smallest absolute Gasteiger partial charge is 0.325 e. The van der Waals surface area contributed by atoms with Crippen molar-refractivity contribution in [2.75, 3.05) is 4.90 Å². The first-order valence-corrected chi connectivity index (χ1v) is 9.18. The third-order valence-corrected chi connectivity index (χ3v) is 4.49.